The molecular weight excluding hydrogens is 412 g/mol. The molecule has 7 heteroatoms. The number of aromatic nitrogens is 1. The molecule has 1 N–H and O–H groups in total. The summed E-state index contributed by atoms with van der Waals surface area (Å²) in [6.45, 7) is -0.633. The highest BCUT2D eigenvalue weighted by molar-refractivity contribution is 5.76. The first-order valence-electron chi connectivity index (χ1n) is 10.6. The van der Waals surface area contributed by atoms with E-state index >= 15 is 0 Å². The molecule has 0 atom stereocenters. The first kappa shape index (κ1) is 21.7. The number of amides is 1. The number of anilines is 1. The number of alkyl halides is 2. The Morgan fingerprint density at radius 1 is 1.03 bits per heavy atom. The van der Waals surface area contributed by atoms with E-state index in [0.29, 0.717) is 19.4 Å². The summed E-state index contributed by atoms with van der Waals surface area (Å²) in [5, 5.41) is 2.90. The zero-order chi connectivity index (χ0) is 22.3. The molecule has 2 aromatic carbocycles. The van der Waals surface area contributed by atoms with Crippen molar-refractivity contribution in [3.8, 4) is 5.75 Å². The minimum Gasteiger partial charge on any atom is -0.435 e. The van der Waals surface area contributed by atoms with Gasteiger partial charge in [-0.3, -0.25) is 4.79 Å². The summed E-state index contributed by atoms with van der Waals surface area (Å²) in [5.41, 5.74) is 4.57. The van der Waals surface area contributed by atoms with Crippen LogP contribution in [0.25, 0.3) is 0 Å². The van der Waals surface area contributed by atoms with Gasteiger partial charge < -0.3 is 15.0 Å². The molecule has 166 valence electrons. The maximum Gasteiger partial charge on any atom is 0.387 e. The summed E-state index contributed by atoms with van der Waals surface area (Å²) >= 11 is 0. The van der Waals surface area contributed by atoms with Crippen LogP contribution >= 0.6 is 0 Å². The molecule has 0 bridgehead atoms. The van der Waals surface area contributed by atoms with Crippen LogP contribution in [0.3, 0.4) is 0 Å². The summed E-state index contributed by atoms with van der Waals surface area (Å²) in [6, 6.07) is 18.8. The number of aryl methyl sites for hydroxylation is 1. The highest BCUT2D eigenvalue weighted by atomic mass is 19.3. The largest absolute Gasteiger partial charge is 0.435 e. The number of carbonyl (C=O) groups excluding carboxylic acids is 1. The Morgan fingerprint density at radius 3 is 2.50 bits per heavy atom. The molecule has 1 aliphatic heterocycles. The first-order valence-corrected chi connectivity index (χ1v) is 10.6. The average Bonchev–Trinajstić information content (AvgIpc) is 2.82. The smallest absolute Gasteiger partial charge is 0.387 e. The number of nitrogens with one attached hydrogen (secondary N) is 1. The number of pyridine rings is 1. The van der Waals surface area contributed by atoms with Gasteiger partial charge >= 0.3 is 6.61 Å². The lowest BCUT2D eigenvalue weighted by Gasteiger charge is -2.29. The van der Waals surface area contributed by atoms with Gasteiger partial charge in [0.25, 0.3) is 0 Å². The molecule has 0 unspecified atom stereocenters. The lowest BCUT2D eigenvalue weighted by atomic mass is 10.00. The van der Waals surface area contributed by atoms with Gasteiger partial charge in [-0.2, -0.15) is 8.78 Å². The van der Waals surface area contributed by atoms with Gasteiger partial charge in [-0.05, 0) is 53.3 Å². The maximum absolute atomic E-state index is 12.2. The van der Waals surface area contributed by atoms with Crippen LogP contribution in [-0.2, 0) is 30.7 Å². The van der Waals surface area contributed by atoms with Crippen molar-refractivity contribution in [1.29, 1.82) is 0 Å². The topological polar surface area (TPSA) is 54.5 Å². The van der Waals surface area contributed by atoms with Crippen molar-refractivity contribution in [2.75, 3.05) is 11.4 Å². The number of halogens is 2. The van der Waals surface area contributed by atoms with Crippen molar-refractivity contribution >= 4 is 11.7 Å². The SMILES string of the molecule is O=C(CCc1ccc(OC(F)F)cc1)NCc1ccc(N2CCc3ccccc3C2)nc1. The third-order valence-corrected chi connectivity index (χ3v) is 5.54. The summed E-state index contributed by atoms with van der Waals surface area (Å²) in [6.07, 6.45) is 3.65. The zero-order valence-electron chi connectivity index (χ0n) is 17.6. The predicted molar refractivity (Wildman–Crippen MR) is 119 cm³/mol. The summed E-state index contributed by atoms with van der Waals surface area (Å²) in [5.74, 6) is 0.973. The number of hydrogen-bond donors (Lipinski definition) is 1. The number of fused-ring (bicyclic) bond motifs is 1. The second-order valence-corrected chi connectivity index (χ2v) is 7.76. The van der Waals surface area contributed by atoms with E-state index < -0.39 is 6.61 Å². The van der Waals surface area contributed by atoms with Gasteiger partial charge in [0.1, 0.15) is 11.6 Å². The van der Waals surface area contributed by atoms with Crippen LogP contribution in [0, 0.1) is 0 Å². The van der Waals surface area contributed by atoms with Crippen molar-refractivity contribution in [3.05, 3.63) is 89.1 Å². The third-order valence-electron chi connectivity index (χ3n) is 5.54. The Morgan fingerprint density at radius 2 is 1.78 bits per heavy atom. The van der Waals surface area contributed by atoms with E-state index in [2.05, 4.69) is 44.2 Å². The molecule has 0 saturated heterocycles. The molecule has 1 amide bonds. The highest BCUT2D eigenvalue weighted by Crippen LogP contribution is 2.23. The minimum absolute atomic E-state index is 0.0744. The Labute approximate surface area is 186 Å². The van der Waals surface area contributed by atoms with E-state index in [9.17, 15) is 13.6 Å². The van der Waals surface area contributed by atoms with Gasteiger partial charge in [-0.1, -0.05) is 42.5 Å². The lowest BCUT2D eigenvalue weighted by Crippen LogP contribution is -2.31. The molecule has 3 aromatic rings. The van der Waals surface area contributed by atoms with Gasteiger partial charge in [-0.15, -0.1) is 0 Å². The summed E-state index contributed by atoms with van der Waals surface area (Å²) in [7, 11) is 0. The van der Waals surface area contributed by atoms with Crippen LogP contribution in [-0.4, -0.2) is 24.0 Å². The summed E-state index contributed by atoms with van der Waals surface area (Å²) < 4.78 is 28.7. The number of nitrogens with zero attached hydrogens (tertiary/aromatic N) is 2. The molecule has 5 nitrogen and oxygen atoms in total. The molecule has 0 spiro atoms. The lowest BCUT2D eigenvalue weighted by molar-refractivity contribution is -0.121. The van der Waals surface area contributed by atoms with E-state index in [4.69, 9.17) is 0 Å². The third kappa shape index (κ3) is 5.81. The Hall–Kier alpha value is -3.48. The average molecular weight is 437 g/mol. The van der Waals surface area contributed by atoms with E-state index in [1.54, 1.807) is 18.3 Å². The predicted octanol–water partition coefficient (Wildman–Crippen LogP) is 4.49. The van der Waals surface area contributed by atoms with Gasteiger partial charge in [0.05, 0.1) is 0 Å². The van der Waals surface area contributed by atoms with E-state index in [0.717, 1.165) is 36.5 Å². The van der Waals surface area contributed by atoms with Crippen molar-refractivity contribution in [2.24, 2.45) is 0 Å². The van der Waals surface area contributed by atoms with E-state index in [-0.39, 0.29) is 11.7 Å². The van der Waals surface area contributed by atoms with Gasteiger partial charge in [-0.25, -0.2) is 4.98 Å². The molecule has 2 heterocycles. The number of carbonyl (C=O) groups is 1. The van der Waals surface area contributed by atoms with E-state index in [1.165, 1.54) is 23.3 Å². The second-order valence-electron chi connectivity index (χ2n) is 7.76. The molecule has 1 aromatic heterocycles. The number of rotatable bonds is 8. The van der Waals surface area contributed by atoms with Crippen molar-refractivity contribution in [1.82, 2.24) is 10.3 Å². The van der Waals surface area contributed by atoms with Gasteiger partial charge in [0, 0.05) is 32.3 Å². The Bertz CT molecular complexity index is 1040. The molecule has 4 rings (SSSR count). The number of benzene rings is 2. The molecule has 1 aliphatic rings. The standard InChI is InChI=1S/C25H25F2N3O2/c26-25(27)32-22-9-5-18(6-10-22)8-12-24(31)29-16-19-7-11-23(28-15-19)30-14-13-20-3-1-2-4-21(20)17-30/h1-7,9-11,15,25H,8,12-14,16-17H2,(H,29,31). The Kier molecular flexibility index (Phi) is 6.94. The van der Waals surface area contributed by atoms with Crippen molar-refractivity contribution < 1.29 is 18.3 Å². The Balaban J connectivity index is 1.22. The van der Waals surface area contributed by atoms with Crippen LogP contribution in [0.5, 0.6) is 5.75 Å². The first-order chi connectivity index (χ1) is 15.6. The fourth-order valence-corrected chi connectivity index (χ4v) is 3.78. The molecule has 32 heavy (non-hydrogen) atoms. The monoisotopic (exact) mass is 437 g/mol. The van der Waals surface area contributed by atoms with Crippen LogP contribution in [0.4, 0.5) is 14.6 Å². The fraction of sp³-hybridized carbons (Fsp3) is 0.280. The highest BCUT2D eigenvalue weighted by Gasteiger charge is 2.16. The second kappa shape index (κ2) is 10.2. The minimum atomic E-state index is -2.84. The van der Waals surface area contributed by atoms with Crippen LogP contribution < -0.4 is 15.0 Å². The normalized spacial score (nSPS) is 13.0. The van der Waals surface area contributed by atoms with Gasteiger partial charge in [0.2, 0.25) is 5.91 Å². The molecule has 0 fully saturated rings. The fourth-order valence-electron chi connectivity index (χ4n) is 3.78. The molecule has 0 aliphatic carbocycles. The van der Waals surface area contributed by atoms with E-state index in [1.807, 2.05) is 12.1 Å². The van der Waals surface area contributed by atoms with Crippen LogP contribution in [0.1, 0.15) is 28.7 Å². The maximum atomic E-state index is 12.2. The van der Waals surface area contributed by atoms with Crippen LogP contribution in [0.2, 0.25) is 0 Å². The summed E-state index contributed by atoms with van der Waals surface area (Å²) in [4.78, 5) is 19.0. The van der Waals surface area contributed by atoms with Crippen LogP contribution in [0.15, 0.2) is 66.9 Å². The number of hydrogen-bond acceptors (Lipinski definition) is 4. The molecule has 0 radical (unpaired) electrons. The van der Waals surface area contributed by atoms with Crippen molar-refractivity contribution in [2.45, 2.75) is 39.0 Å². The van der Waals surface area contributed by atoms with Gasteiger partial charge in [0.15, 0.2) is 0 Å². The molecule has 0 saturated carbocycles. The molecular formula is C25H25F2N3O2. The zero-order valence-corrected chi connectivity index (χ0v) is 17.6. The van der Waals surface area contributed by atoms with Crippen molar-refractivity contribution in [3.63, 3.8) is 0 Å². The quantitative estimate of drug-likeness (QED) is 0.564. The number of ether oxygens (including phenoxy) is 1.